The zero-order chi connectivity index (χ0) is 17.2. The number of aliphatic hydroxyl groups is 1. The number of anilines is 1. The molecule has 0 aliphatic heterocycles. The van der Waals surface area contributed by atoms with Crippen LogP contribution in [0.2, 0.25) is 0 Å². The average molecular weight is 333 g/mol. The molecule has 6 heteroatoms. The lowest BCUT2D eigenvalue weighted by molar-refractivity contribution is 0.271. The maximum absolute atomic E-state index is 9.39. The van der Waals surface area contributed by atoms with Gasteiger partial charge in [0.05, 0.1) is 30.1 Å². The van der Waals surface area contributed by atoms with Gasteiger partial charge in [-0.15, -0.1) is 5.10 Å². The second kappa shape index (κ2) is 6.49. The molecule has 6 nitrogen and oxygen atoms in total. The van der Waals surface area contributed by atoms with Crippen molar-refractivity contribution in [2.75, 3.05) is 11.9 Å². The molecule has 0 fully saturated rings. The highest BCUT2D eigenvalue weighted by atomic mass is 16.3. The number of aromatic nitrogens is 4. The van der Waals surface area contributed by atoms with E-state index in [9.17, 15) is 5.11 Å². The van der Waals surface area contributed by atoms with Crippen LogP contribution in [0.1, 0.15) is 13.3 Å². The van der Waals surface area contributed by atoms with E-state index in [1.165, 1.54) is 0 Å². The largest absolute Gasteiger partial charge is 0.394 e. The van der Waals surface area contributed by atoms with Crippen LogP contribution in [0, 0.1) is 0 Å². The minimum Gasteiger partial charge on any atom is -0.394 e. The van der Waals surface area contributed by atoms with E-state index in [-0.39, 0.29) is 12.6 Å². The predicted molar refractivity (Wildman–Crippen MR) is 98.5 cm³/mol. The Morgan fingerprint density at radius 3 is 2.84 bits per heavy atom. The minimum absolute atomic E-state index is 0.0175. The SMILES string of the molecule is CCC(CO)Nc1ccc2ncc(-c3cccc4cccnc34)n2n1. The molecule has 0 amide bonds. The van der Waals surface area contributed by atoms with Gasteiger partial charge in [0.25, 0.3) is 0 Å². The summed E-state index contributed by atoms with van der Waals surface area (Å²) in [4.78, 5) is 8.98. The minimum atomic E-state index is -0.0175. The number of rotatable bonds is 5. The molecule has 2 N–H and O–H groups in total. The van der Waals surface area contributed by atoms with Crippen molar-refractivity contribution in [2.24, 2.45) is 0 Å². The van der Waals surface area contributed by atoms with Gasteiger partial charge in [0, 0.05) is 17.1 Å². The molecular formula is C19H19N5O. The van der Waals surface area contributed by atoms with Crippen LogP contribution >= 0.6 is 0 Å². The fourth-order valence-corrected chi connectivity index (χ4v) is 2.93. The smallest absolute Gasteiger partial charge is 0.154 e. The third kappa shape index (κ3) is 2.81. The van der Waals surface area contributed by atoms with E-state index in [1.807, 2.05) is 60.1 Å². The Morgan fingerprint density at radius 2 is 2.00 bits per heavy atom. The predicted octanol–water partition coefficient (Wildman–Crippen LogP) is 3.13. The Bertz CT molecular complexity index is 1020. The monoisotopic (exact) mass is 333 g/mol. The lowest BCUT2D eigenvalue weighted by Gasteiger charge is -2.14. The van der Waals surface area contributed by atoms with E-state index >= 15 is 0 Å². The molecule has 0 spiro atoms. The molecule has 1 atom stereocenters. The Labute approximate surface area is 145 Å². The van der Waals surface area contributed by atoms with Gasteiger partial charge in [-0.25, -0.2) is 9.50 Å². The van der Waals surface area contributed by atoms with Crippen molar-refractivity contribution in [1.29, 1.82) is 0 Å². The molecule has 0 aliphatic rings. The zero-order valence-corrected chi connectivity index (χ0v) is 13.9. The highest BCUT2D eigenvalue weighted by molar-refractivity contribution is 5.92. The van der Waals surface area contributed by atoms with E-state index < -0.39 is 0 Å². The van der Waals surface area contributed by atoms with Crippen molar-refractivity contribution in [3.63, 3.8) is 0 Å². The van der Waals surface area contributed by atoms with Crippen molar-refractivity contribution in [2.45, 2.75) is 19.4 Å². The Balaban J connectivity index is 1.84. The molecule has 126 valence electrons. The quantitative estimate of drug-likeness (QED) is 0.587. The number of imidazole rings is 1. The summed E-state index contributed by atoms with van der Waals surface area (Å²) in [7, 11) is 0. The second-order valence-corrected chi connectivity index (χ2v) is 5.94. The summed E-state index contributed by atoms with van der Waals surface area (Å²) in [5, 5.41) is 18.4. The van der Waals surface area contributed by atoms with Crippen LogP contribution in [0.5, 0.6) is 0 Å². The summed E-state index contributed by atoms with van der Waals surface area (Å²) in [5.74, 6) is 0.709. The average Bonchev–Trinajstić information content (AvgIpc) is 3.08. The van der Waals surface area contributed by atoms with Crippen molar-refractivity contribution in [3.8, 4) is 11.3 Å². The van der Waals surface area contributed by atoms with Crippen LogP contribution in [0.25, 0.3) is 27.8 Å². The van der Waals surface area contributed by atoms with Crippen LogP contribution in [0.15, 0.2) is 54.9 Å². The molecule has 3 aromatic heterocycles. The number of pyridine rings is 1. The summed E-state index contributed by atoms with van der Waals surface area (Å²) < 4.78 is 1.82. The van der Waals surface area contributed by atoms with Gasteiger partial charge in [-0.2, -0.15) is 0 Å². The third-order valence-electron chi connectivity index (χ3n) is 4.34. The van der Waals surface area contributed by atoms with Crippen LogP contribution in [0.4, 0.5) is 5.82 Å². The molecule has 0 saturated heterocycles. The summed E-state index contributed by atoms with van der Waals surface area (Å²) in [6, 6.07) is 13.8. The molecule has 1 aromatic carbocycles. The van der Waals surface area contributed by atoms with Crippen molar-refractivity contribution in [1.82, 2.24) is 19.6 Å². The van der Waals surface area contributed by atoms with Gasteiger partial charge in [0.15, 0.2) is 5.65 Å². The number of aliphatic hydroxyl groups excluding tert-OH is 1. The molecule has 4 rings (SSSR count). The van der Waals surface area contributed by atoms with Crippen LogP contribution in [-0.4, -0.2) is 37.3 Å². The van der Waals surface area contributed by atoms with Gasteiger partial charge in [0.1, 0.15) is 5.82 Å². The summed E-state index contributed by atoms with van der Waals surface area (Å²) in [6.45, 7) is 2.09. The number of para-hydroxylation sites is 1. The van der Waals surface area contributed by atoms with E-state index in [0.29, 0.717) is 5.82 Å². The van der Waals surface area contributed by atoms with Crippen molar-refractivity contribution >= 4 is 22.4 Å². The zero-order valence-electron chi connectivity index (χ0n) is 13.9. The number of hydrogen-bond donors (Lipinski definition) is 2. The fourth-order valence-electron chi connectivity index (χ4n) is 2.93. The third-order valence-corrected chi connectivity index (χ3v) is 4.34. The van der Waals surface area contributed by atoms with Crippen LogP contribution in [0.3, 0.4) is 0 Å². The van der Waals surface area contributed by atoms with Gasteiger partial charge in [0.2, 0.25) is 0 Å². The Kier molecular flexibility index (Phi) is 4.03. The van der Waals surface area contributed by atoms with Gasteiger partial charge in [-0.3, -0.25) is 4.98 Å². The fraction of sp³-hybridized carbons (Fsp3) is 0.211. The molecule has 25 heavy (non-hydrogen) atoms. The molecule has 0 radical (unpaired) electrons. The molecule has 4 aromatic rings. The molecule has 0 aliphatic carbocycles. The van der Waals surface area contributed by atoms with Crippen molar-refractivity contribution in [3.05, 3.63) is 54.9 Å². The van der Waals surface area contributed by atoms with E-state index in [0.717, 1.165) is 34.2 Å². The number of hydrogen-bond acceptors (Lipinski definition) is 5. The topological polar surface area (TPSA) is 75.3 Å². The maximum atomic E-state index is 9.39. The molecule has 1 unspecified atom stereocenters. The van der Waals surface area contributed by atoms with Gasteiger partial charge >= 0.3 is 0 Å². The highest BCUT2D eigenvalue weighted by Crippen LogP contribution is 2.27. The van der Waals surface area contributed by atoms with Gasteiger partial charge in [-0.05, 0) is 24.6 Å². The first-order chi connectivity index (χ1) is 12.3. The lowest BCUT2D eigenvalue weighted by atomic mass is 10.1. The normalized spacial score (nSPS) is 12.6. The molecule has 0 saturated carbocycles. The number of fused-ring (bicyclic) bond motifs is 2. The standard InChI is InChI=1S/C19H19N5O/c1-2-14(12-25)22-17-8-9-18-21-11-16(24(18)23-17)15-7-3-5-13-6-4-10-20-19(13)15/h3-11,14,25H,2,12H2,1H3,(H,22,23). The number of nitrogens with one attached hydrogen (secondary N) is 1. The molecular weight excluding hydrogens is 314 g/mol. The van der Waals surface area contributed by atoms with E-state index in [4.69, 9.17) is 0 Å². The summed E-state index contributed by atoms with van der Waals surface area (Å²) in [5.41, 5.74) is 3.57. The highest BCUT2D eigenvalue weighted by Gasteiger charge is 2.12. The van der Waals surface area contributed by atoms with Crippen molar-refractivity contribution < 1.29 is 5.11 Å². The summed E-state index contributed by atoms with van der Waals surface area (Å²) in [6.07, 6.45) is 4.43. The first kappa shape index (κ1) is 15.5. The first-order valence-electron chi connectivity index (χ1n) is 8.36. The summed E-state index contributed by atoms with van der Waals surface area (Å²) >= 11 is 0. The lowest BCUT2D eigenvalue weighted by Crippen LogP contribution is -2.23. The van der Waals surface area contributed by atoms with Gasteiger partial charge in [-0.1, -0.05) is 31.2 Å². The molecule has 0 bridgehead atoms. The van der Waals surface area contributed by atoms with Gasteiger partial charge < -0.3 is 10.4 Å². The van der Waals surface area contributed by atoms with E-state index in [1.54, 1.807) is 6.20 Å². The Morgan fingerprint density at radius 1 is 1.12 bits per heavy atom. The second-order valence-electron chi connectivity index (χ2n) is 5.94. The maximum Gasteiger partial charge on any atom is 0.154 e. The Hall–Kier alpha value is -2.99. The van der Waals surface area contributed by atoms with Crippen LogP contribution < -0.4 is 5.32 Å². The first-order valence-corrected chi connectivity index (χ1v) is 8.36. The number of nitrogens with zero attached hydrogens (tertiary/aromatic N) is 4. The van der Waals surface area contributed by atoms with Crippen LogP contribution in [-0.2, 0) is 0 Å². The number of benzene rings is 1. The molecule has 3 heterocycles. The van der Waals surface area contributed by atoms with E-state index in [2.05, 4.69) is 20.4 Å².